The first kappa shape index (κ1) is 48.6. The first-order valence-electron chi connectivity index (χ1n) is 16.3. The minimum atomic E-state index is -5.42. The van der Waals surface area contributed by atoms with E-state index < -0.39 is 112 Å². The number of carbonyl (C=O) groups is 1. The lowest BCUT2D eigenvalue weighted by molar-refractivity contribution is -0.143. The molecular formula is C33H35F10NO12P2. The number of halogens is 10. The number of rotatable bonds is 16. The highest BCUT2D eigenvalue weighted by atomic mass is 31.2. The van der Waals surface area contributed by atoms with Crippen LogP contribution in [0.2, 0.25) is 0 Å². The summed E-state index contributed by atoms with van der Waals surface area (Å²) in [6, 6.07) is 3.15. The van der Waals surface area contributed by atoms with Gasteiger partial charge in [-0.15, -0.1) is 0 Å². The summed E-state index contributed by atoms with van der Waals surface area (Å²) in [6.45, 7) is 0.928. The highest BCUT2D eigenvalue weighted by Gasteiger charge is 2.39. The number of carbonyl (C=O) groups excluding carboxylic acids is 1. The number of hydrogen-bond donors (Lipinski definition) is 5. The van der Waals surface area contributed by atoms with Crippen molar-refractivity contribution in [1.29, 1.82) is 0 Å². The van der Waals surface area contributed by atoms with Crippen LogP contribution in [-0.4, -0.2) is 58.2 Å². The number of hydrogen-bond acceptors (Lipinski definition) is 9. The second kappa shape index (κ2) is 18.6. The zero-order chi connectivity index (χ0) is 44.2. The van der Waals surface area contributed by atoms with E-state index in [1.54, 1.807) is 13.8 Å². The monoisotopic (exact) mass is 889 g/mol. The number of methoxy groups -OCH3 is 1. The summed E-state index contributed by atoms with van der Waals surface area (Å²) in [5.41, 5.74) is -5.92. The SMILES string of the molecule is COc1cc(F)c(C(C)C)cc1-c1ccc(C(F)(F)F)cc1CN[C@@H](C)[C@H](OC(=O)OC(COP(=O)(O)O)COP(=O)(O)O)c1cc(C(F)(F)F)cc(C(F)(F)F)c1. The van der Waals surface area contributed by atoms with Gasteiger partial charge in [0.1, 0.15) is 17.7 Å². The molecule has 0 aromatic heterocycles. The summed E-state index contributed by atoms with van der Waals surface area (Å²) in [7, 11) is -9.56. The average molecular weight is 890 g/mol. The molecule has 13 nitrogen and oxygen atoms in total. The third kappa shape index (κ3) is 14.2. The molecule has 3 rings (SSSR count). The Morgan fingerprint density at radius 3 is 1.69 bits per heavy atom. The molecule has 0 spiro atoms. The second-order valence-corrected chi connectivity index (χ2v) is 15.2. The van der Waals surface area contributed by atoms with Crippen LogP contribution in [0.4, 0.5) is 48.7 Å². The topological polar surface area (TPSA) is 190 Å². The molecule has 2 atom stereocenters. The Morgan fingerprint density at radius 2 is 1.24 bits per heavy atom. The van der Waals surface area contributed by atoms with E-state index in [9.17, 15) is 57.8 Å². The van der Waals surface area contributed by atoms with Crippen LogP contribution >= 0.6 is 15.6 Å². The fourth-order valence-electron chi connectivity index (χ4n) is 5.30. The molecule has 0 fully saturated rings. The molecule has 0 unspecified atom stereocenters. The molecule has 324 valence electrons. The molecular weight excluding hydrogens is 854 g/mol. The van der Waals surface area contributed by atoms with E-state index in [0.717, 1.165) is 26.2 Å². The summed E-state index contributed by atoms with van der Waals surface area (Å²) < 4.78 is 186. The van der Waals surface area contributed by atoms with Crippen molar-refractivity contribution in [3.8, 4) is 16.9 Å². The van der Waals surface area contributed by atoms with Gasteiger partial charge in [0.05, 0.1) is 37.0 Å². The Labute approximate surface area is 322 Å². The van der Waals surface area contributed by atoms with Crippen LogP contribution < -0.4 is 10.1 Å². The zero-order valence-electron chi connectivity index (χ0n) is 30.3. The molecule has 3 aromatic carbocycles. The summed E-state index contributed by atoms with van der Waals surface area (Å²) >= 11 is 0. The predicted octanol–water partition coefficient (Wildman–Crippen LogP) is 8.64. The van der Waals surface area contributed by atoms with E-state index in [1.165, 1.54) is 6.07 Å². The number of ether oxygens (including phenoxy) is 3. The predicted molar refractivity (Wildman–Crippen MR) is 180 cm³/mol. The molecule has 0 amide bonds. The quantitative estimate of drug-likeness (QED) is 0.0523. The average Bonchev–Trinajstić information content (AvgIpc) is 3.08. The lowest BCUT2D eigenvalue weighted by atomic mass is 9.92. The molecule has 3 aromatic rings. The standard InChI is InChI=1S/C33H35F10NO12P2/c1-16(2)25-11-26(28(52-4)12-27(25)34)24-6-5-20(31(35,36)37)9-19(24)13-44-17(3)29(18-7-21(32(38,39)40)10-22(8-18)33(41,42)43)56-30(45)55-23(14-53-57(46,47)48)15-54-58(49,50)51/h5-12,16-17,23,29,44H,13-15H2,1-4H3,(H2,46,47,48)(H2,49,50,51)/t17-,29-/m0/s1. The largest absolute Gasteiger partial charge is 0.509 e. The van der Waals surface area contributed by atoms with E-state index in [1.807, 2.05) is 0 Å². The van der Waals surface area contributed by atoms with Gasteiger partial charge >= 0.3 is 40.3 Å². The highest BCUT2D eigenvalue weighted by molar-refractivity contribution is 7.46. The van der Waals surface area contributed by atoms with Gasteiger partial charge in [-0.1, -0.05) is 19.9 Å². The van der Waals surface area contributed by atoms with Crippen molar-refractivity contribution in [1.82, 2.24) is 5.32 Å². The summed E-state index contributed by atoms with van der Waals surface area (Å²) in [4.78, 5) is 49.1. The van der Waals surface area contributed by atoms with Crippen LogP contribution in [0.5, 0.6) is 5.75 Å². The lowest BCUT2D eigenvalue weighted by Crippen LogP contribution is -2.36. The Morgan fingerprint density at radius 1 is 0.724 bits per heavy atom. The molecule has 25 heteroatoms. The number of alkyl halides is 9. The Balaban J connectivity index is 2.16. The molecule has 0 saturated carbocycles. The zero-order valence-corrected chi connectivity index (χ0v) is 32.1. The van der Waals surface area contributed by atoms with Gasteiger partial charge in [-0.05, 0) is 71.5 Å². The fourth-order valence-corrected chi connectivity index (χ4v) is 6.02. The van der Waals surface area contributed by atoms with Crippen molar-refractivity contribution in [2.75, 3.05) is 20.3 Å². The number of phosphoric ester groups is 2. The summed E-state index contributed by atoms with van der Waals surface area (Å²) in [6.07, 6.45) is -22.2. The first-order valence-corrected chi connectivity index (χ1v) is 19.3. The number of phosphoric acid groups is 2. The van der Waals surface area contributed by atoms with E-state index in [0.29, 0.717) is 12.1 Å². The summed E-state index contributed by atoms with van der Waals surface area (Å²) in [5.74, 6) is -1.26. The van der Waals surface area contributed by atoms with E-state index >= 15 is 0 Å². The molecule has 0 saturated heterocycles. The van der Waals surface area contributed by atoms with Crippen molar-refractivity contribution >= 4 is 21.8 Å². The lowest BCUT2D eigenvalue weighted by Gasteiger charge is -2.28. The van der Waals surface area contributed by atoms with Crippen LogP contribution in [-0.2, 0) is 52.7 Å². The van der Waals surface area contributed by atoms with Gasteiger partial charge in [-0.2, -0.15) is 39.5 Å². The van der Waals surface area contributed by atoms with Crippen LogP contribution in [0, 0.1) is 5.82 Å². The molecule has 0 radical (unpaired) electrons. The van der Waals surface area contributed by atoms with E-state index in [2.05, 4.69) is 14.4 Å². The van der Waals surface area contributed by atoms with Crippen molar-refractivity contribution in [3.63, 3.8) is 0 Å². The molecule has 0 heterocycles. The minimum absolute atomic E-state index is 0.0136. The van der Waals surface area contributed by atoms with Gasteiger partial charge in [-0.3, -0.25) is 9.05 Å². The molecule has 0 bridgehead atoms. The fraction of sp³-hybridized carbons (Fsp3) is 0.424. The first-order chi connectivity index (χ1) is 26.4. The van der Waals surface area contributed by atoms with Gasteiger partial charge < -0.3 is 39.1 Å². The van der Waals surface area contributed by atoms with Crippen molar-refractivity contribution in [2.24, 2.45) is 0 Å². The van der Waals surface area contributed by atoms with Gasteiger partial charge in [0, 0.05) is 24.2 Å². The van der Waals surface area contributed by atoms with Crippen molar-refractivity contribution in [3.05, 3.63) is 87.7 Å². The van der Waals surface area contributed by atoms with Crippen molar-refractivity contribution < 1.29 is 101 Å². The third-order valence-corrected chi connectivity index (χ3v) is 8.98. The maximum Gasteiger partial charge on any atom is 0.509 e. The Kier molecular flexibility index (Phi) is 15.6. The van der Waals surface area contributed by atoms with Gasteiger partial charge in [-0.25, -0.2) is 18.3 Å². The second-order valence-electron chi connectivity index (χ2n) is 12.7. The number of benzene rings is 3. The maximum absolute atomic E-state index is 14.9. The summed E-state index contributed by atoms with van der Waals surface area (Å²) in [5, 5.41) is 2.60. The Bertz CT molecular complexity index is 1960. The Hall–Kier alpha value is -3.79. The normalized spacial score (nSPS) is 14.1. The minimum Gasteiger partial charge on any atom is -0.496 e. The van der Waals surface area contributed by atoms with Gasteiger partial charge in [0.25, 0.3) is 0 Å². The third-order valence-electron chi connectivity index (χ3n) is 8.01. The van der Waals surface area contributed by atoms with Crippen LogP contribution in [0.25, 0.3) is 11.1 Å². The molecule has 0 aliphatic carbocycles. The molecule has 0 aliphatic rings. The molecule has 0 aliphatic heterocycles. The molecule has 58 heavy (non-hydrogen) atoms. The van der Waals surface area contributed by atoms with Gasteiger partial charge in [0.15, 0.2) is 6.10 Å². The number of nitrogens with one attached hydrogen (secondary N) is 1. The van der Waals surface area contributed by atoms with E-state index in [4.69, 9.17) is 33.8 Å². The highest BCUT2D eigenvalue weighted by Crippen LogP contribution is 2.42. The van der Waals surface area contributed by atoms with Gasteiger partial charge in [0.2, 0.25) is 0 Å². The van der Waals surface area contributed by atoms with Crippen molar-refractivity contribution in [2.45, 2.75) is 70.0 Å². The van der Waals surface area contributed by atoms with Crippen LogP contribution in [0.15, 0.2) is 48.5 Å². The smallest absolute Gasteiger partial charge is 0.496 e. The van der Waals surface area contributed by atoms with Crippen LogP contribution in [0.1, 0.15) is 66.2 Å². The maximum atomic E-state index is 14.9. The van der Waals surface area contributed by atoms with Crippen LogP contribution in [0.3, 0.4) is 0 Å². The van der Waals surface area contributed by atoms with E-state index in [-0.39, 0.29) is 46.2 Å². The molecule has 5 N–H and O–H groups in total.